The fourth-order valence-corrected chi connectivity index (χ4v) is 2.14. The molecule has 1 aromatic rings. The van der Waals surface area contributed by atoms with Crippen molar-refractivity contribution in [3.05, 3.63) is 18.0 Å². The first-order valence-electron chi connectivity index (χ1n) is 5.39. The molecule has 0 N–H and O–H groups in total. The topological polar surface area (TPSA) is 34.9 Å². The van der Waals surface area contributed by atoms with Gasteiger partial charge in [-0.05, 0) is 12.8 Å². The first-order chi connectivity index (χ1) is 6.90. The Kier molecular flexibility index (Phi) is 2.96. The predicted molar refractivity (Wildman–Crippen MR) is 54.4 cm³/mol. The van der Waals surface area contributed by atoms with Crippen molar-refractivity contribution in [1.29, 1.82) is 0 Å². The molecule has 0 aliphatic heterocycles. The molecule has 3 heteroatoms. The zero-order chi connectivity index (χ0) is 9.80. The molecule has 0 atom stereocenters. The molecule has 0 unspecified atom stereocenters. The minimum absolute atomic E-state index is 0.520. The molecule has 3 nitrogen and oxygen atoms in total. The minimum Gasteiger partial charge on any atom is -0.298 e. The SMILES string of the molecule is O=Cc1cnn(C2CCCCCC2)c1. The molecule has 0 saturated heterocycles. The highest BCUT2D eigenvalue weighted by molar-refractivity contribution is 5.73. The van der Waals surface area contributed by atoms with Crippen LogP contribution in [-0.4, -0.2) is 16.1 Å². The van der Waals surface area contributed by atoms with Gasteiger partial charge in [0.2, 0.25) is 0 Å². The first kappa shape index (κ1) is 9.44. The lowest BCUT2D eigenvalue weighted by atomic mass is 10.1. The molecule has 1 aliphatic carbocycles. The number of hydrogen-bond acceptors (Lipinski definition) is 2. The van der Waals surface area contributed by atoms with Crippen LogP contribution in [-0.2, 0) is 0 Å². The monoisotopic (exact) mass is 192 g/mol. The van der Waals surface area contributed by atoms with Crippen molar-refractivity contribution in [2.45, 2.75) is 44.6 Å². The van der Waals surface area contributed by atoms with Crippen LogP contribution in [0, 0.1) is 0 Å². The van der Waals surface area contributed by atoms with E-state index in [9.17, 15) is 4.79 Å². The lowest BCUT2D eigenvalue weighted by molar-refractivity contribution is 0.112. The van der Waals surface area contributed by atoms with Crippen LogP contribution in [0.2, 0.25) is 0 Å². The lowest BCUT2D eigenvalue weighted by Crippen LogP contribution is -2.08. The maximum Gasteiger partial charge on any atom is 0.153 e. The molecule has 0 bridgehead atoms. The standard InChI is InChI=1S/C11H16N2O/c14-9-10-7-12-13(8-10)11-5-3-1-2-4-6-11/h7-9,11H,1-6H2. The van der Waals surface area contributed by atoms with E-state index in [1.54, 1.807) is 6.20 Å². The summed E-state index contributed by atoms with van der Waals surface area (Å²) in [5.41, 5.74) is 0.689. The van der Waals surface area contributed by atoms with Gasteiger partial charge in [-0.1, -0.05) is 25.7 Å². The number of aromatic nitrogens is 2. The Hall–Kier alpha value is -1.12. The van der Waals surface area contributed by atoms with E-state index in [1.165, 1.54) is 38.5 Å². The number of carbonyl (C=O) groups is 1. The third-order valence-electron chi connectivity index (χ3n) is 2.96. The Balaban J connectivity index is 2.08. The molecule has 0 amide bonds. The molecule has 14 heavy (non-hydrogen) atoms. The molecule has 0 aromatic carbocycles. The molecule has 1 saturated carbocycles. The maximum atomic E-state index is 10.5. The van der Waals surface area contributed by atoms with E-state index in [2.05, 4.69) is 5.10 Å². The van der Waals surface area contributed by atoms with Gasteiger partial charge in [0.05, 0.1) is 17.8 Å². The van der Waals surface area contributed by atoms with Crippen LogP contribution in [0.25, 0.3) is 0 Å². The number of aldehydes is 1. The zero-order valence-corrected chi connectivity index (χ0v) is 8.35. The Morgan fingerprint density at radius 2 is 2.00 bits per heavy atom. The van der Waals surface area contributed by atoms with E-state index < -0.39 is 0 Å². The zero-order valence-electron chi connectivity index (χ0n) is 8.35. The fourth-order valence-electron chi connectivity index (χ4n) is 2.14. The molecule has 2 rings (SSSR count). The third kappa shape index (κ3) is 2.03. The van der Waals surface area contributed by atoms with Crippen LogP contribution >= 0.6 is 0 Å². The number of nitrogens with zero attached hydrogens (tertiary/aromatic N) is 2. The molecule has 0 radical (unpaired) electrons. The molecule has 1 heterocycles. The normalized spacial score (nSPS) is 19.1. The van der Waals surface area contributed by atoms with Gasteiger partial charge in [-0.15, -0.1) is 0 Å². The van der Waals surface area contributed by atoms with Gasteiger partial charge in [0.15, 0.2) is 6.29 Å². The molecule has 1 aromatic heterocycles. The summed E-state index contributed by atoms with van der Waals surface area (Å²) in [6.45, 7) is 0. The van der Waals surface area contributed by atoms with E-state index in [0.717, 1.165) is 6.29 Å². The van der Waals surface area contributed by atoms with Crippen LogP contribution in [0.5, 0.6) is 0 Å². The smallest absolute Gasteiger partial charge is 0.153 e. The molecule has 1 aliphatic rings. The van der Waals surface area contributed by atoms with Gasteiger partial charge in [-0.25, -0.2) is 0 Å². The molecular formula is C11H16N2O. The van der Waals surface area contributed by atoms with Crippen LogP contribution in [0.1, 0.15) is 54.9 Å². The highest BCUT2D eigenvalue weighted by Crippen LogP contribution is 2.26. The van der Waals surface area contributed by atoms with Crippen molar-refractivity contribution in [2.75, 3.05) is 0 Å². The molecule has 1 fully saturated rings. The van der Waals surface area contributed by atoms with Crippen molar-refractivity contribution in [3.8, 4) is 0 Å². The molecule has 0 spiro atoms. The average Bonchev–Trinajstić information content (AvgIpc) is 2.53. The quantitative estimate of drug-likeness (QED) is 0.533. The highest BCUT2D eigenvalue weighted by Gasteiger charge is 2.14. The van der Waals surface area contributed by atoms with E-state index in [0.29, 0.717) is 11.6 Å². The van der Waals surface area contributed by atoms with Crippen molar-refractivity contribution in [2.24, 2.45) is 0 Å². The summed E-state index contributed by atoms with van der Waals surface area (Å²) in [6, 6.07) is 0.520. The first-order valence-corrected chi connectivity index (χ1v) is 5.39. The van der Waals surface area contributed by atoms with E-state index in [4.69, 9.17) is 0 Å². The second kappa shape index (κ2) is 4.40. The Bertz CT molecular complexity index is 298. The van der Waals surface area contributed by atoms with Crippen molar-refractivity contribution in [3.63, 3.8) is 0 Å². The lowest BCUT2D eigenvalue weighted by Gasteiger charge is -2.13. The largest absolute Gasteiger partial charge is 0.298 e. The van der Waals surface area contributed by atoms with E-state index in [1.807, 2.05) is 10.9 Å². The van der Waals surface area contributed by atoms with Crippen LogP contribution in [0.3, 0.4) is 0 Å². The van der Waals surface area contributed by atoms with Crippen molar-refractivity contribution < 1.29 is 4.79 Å². The van der Waals surface area contributed by atoms with Gasteiger partial charge in [-0.2, -0.15) is 5.10 Å². The number of carbonyl (C=O) groups excluding carboxylic acids is 1. The fraction of sp³-hybridized carbons (Fsp3) is 0.636. The van der Waals surface area contributed by atoms with Gasteiger partial charge in [0.25, 0.3) is 0 Å². The Morgan fingerprint density at radius 3 is 2.57 bits per heavy atom. The molecule has 76 valence electrons. The summed E-state index contributed by atoms with van der Waals surface area (Å²) >= 11 is 0. The average molecular weight is 192 g/mol. The molecular weight excluding hydrogens is 176 g/mol. The summed E-state index contributed by atoms with van der Waals surface area (Å²) < 4.78 is 1.97. The summed E-state index contributed by atoms with van der Waals surface area (Å²) in [7, 11) is 0. The van der Waals surface area contributed by atoms with Gasteiger partial charge in [0, 0.05) is 6.20 Å². The number of rotatable bonds is 2. The second-order valence-corrected chi connectivity index (χ2v) is 4.02. The van der Waals surface area contributed by atoms with Crippen LogP contribution < -0.4 is 0 Å². The minimum atomic E-state index is 0.520. The maximum absolute atomic E-state index is 10.5. The van der Waals surface area contributed by atoms with E-state index in [-0.39, 0.29) is 0 Å². The van der Waals surface area contributed by atoms with Gasteiger partial charge >= 0.3 is 0 Å². The van der Waals surface area contributed by atoms with E-state index >= 15 is 0 Å². The van der Waals surface area contributed by atoms with Gasteiger partial charge in [0.1, 0.15) is 0 Å². The summed E-state index contributed by atoms with van der Waals surface area (Å²) in [5.74, 6) is 0. The highest BCUT2D eigenvalue weighted by atomic mass is 16.1. The van der Waals surface area contributed by atoms with Gasteiger partial charge < -0.3 is 0 Å². The summed E-state index contributed by atoms with van der Waals surface area (Å²) in [6.07, 6.45) is 12.1. The van der Waals surface area contributed by atoms with Gasteiger partial charge in [-0.3, -0.25) is 9.48 Å². The predicted octanol–water partition coefficient (Wildman–Crippen LogP) is 2.59. The van der Waals surface area contributed by atoms with Crippen LogP contribution in [0.4, 0.5) is 0 Å². The second-order valence-electron chi connectivity index (χ2n) is 4.02. The van der Waals surface area contributed by atoms with Crippen LogP contribution in [0.15, 0.2) is 12.4 Å². The Labute approximate surface area is 84.1 Å². The summed E-state index contributed by atoms with van der Waals surface area (Å²) in [5, 5.41) is 4.24. The van der Waals surface area contributed by atoms with Crippen molar-refractivity contribution >= 4 is 6.29 Å². The Morgan fingerprint density at radius 1 is 1.29 bits per heavy atom. The number of hydrogen-bond donors (Lipinski definition) is 0. The third-order valence-corrected chi connectivity index (χ3v) is 2.96. The van der Waals surface area contributed by atoms with Crippen molar-refractivity contribution in [1.82, 2.24) is 9.78 Å². The summed E-state index contributed by atoms with van der Waals surface area (Å²) in [4.78, 5) is 10.5.